The van der Waals surface area contributed by atoms with E-state index in [0.29, 0.717) is 0 Å². The summed E-state index contributed by atoms with van der Waals surface area (Å²) < 4.78 is 0. The van der Waals surface area contributed by atoms with Gasteiger partial charge in [-0.25, -0.2) is 0 Å². The Balaban J connectivity index is 1.34. The van der Waals surface area contributed by atoms with Crippen molar-refractivity contribution in [1.29, 1.82) is 0 Å². The fourth-order valence-electron chi connectivity index (χ4n) is 4.41. The summed E-state index contributed by atoms with van der Waals surface area (Å²) in [6, 6.07) is 38.9. The van der Waals surface area contributed by atoms with Gasteiger partial charge in [0, 0.05) is 11.4 Å². The largest absolute Gasteiger partial charge is 0.356 e. The van der Waals surface area contributed by atoms with Crippen LogP contribution in [-0.2, 0) is 0 Å². The molecule has 0 aromatic heterocycles. The highest BCUT2D eigenvalue weighted by atomic mass is 14.9. The summed E-state index contributed by atoms with van der Waals surface area (Å²) in [6.45, 7) is 0. The second-order valence-corrected chi connectivity index (χ2v) is 7.54. The van der Waals surface area contributed by atoms with Crippen molar-refractivity contribution in [2.75, 3.05) is 5.32 Å². The minimum absolute atomic E-state index is 1.10. The summed E-state index contributed by atoms with van der Waals surface area (Å²) >= 11 is 0. The molecular weight excluding hydrogens is 350 g/mol. The molecule has 29 heavy (non-hydrogen) atoms. The van der Waals surface area contributed by atoms with E-state index in [1.165, 1.54) is 44.2 Å². The first-order valence-electron chi connectivity index (χ1n) is 9.96. The second-order valence-electron chi connectivity index (χ2n) is 7.54. The van der Waals surface area contributed by atoms with E-state index >= 15 is 0 Å². The molecular formula is C28H19N. The van der Waals surface area contributed by atoms with E-state index in [1.54, 1.807) is 0 Å². The zero-order valence-electron chi connectivity index (χ0n) is 15.9. The lowest BCUT2D eigenvalue weighted by Crippen LogP contribution is -1.91. The smallest absolute Gasteiger partial charge is 0.0390 e. The van der Waals surface area contributed by atoms with Gasteiger partial charge in [-0.15, -0.1) is 0 Å². The molecule has 0 aliphatic heterocycles. The van der Waals surface area contributed by atoms with Crippen LogP contribution < -0.4 is 5.32 Å². The van der Waals surface area contributed by atoms with Crippen LogP contribution in [0.4, 0.5) is 11.4 Å². The van der Waals surface area contributed by atoms with Crippen LogP contribution in [0.2, 0.25) is 0 Å². The van der Waals surface area contributed by atoms with Gasteiger partial charge in [-0.1, -0.05) is 84.9 Å². The molecule has 1 N–H and O–H groups in total. The van der Waals surface area contributed by atoms with Gasteiger partial charge in [0.05, 0.1) is 0 Å². The lowest BCUT2D eigenvalue weighted by molar-refractivity contribution is 1.54. The summed E-state index contributed by atoms with van der Waals surface area (Å²) in [7, 11) is 0. The third-order valence-electron chi connectivity index (χ3n) is 5.79. The van der Waals surface area contributed by atoms with E-state index < -0.39 is 0 Å². The molecule has 0 amide bonds. The first kappa shape index (κ1) is 16.1. The lowest BCUT2D eigenvalue weighted by Gasteiger charge is -2.10. The molecule has 5 aromatic rings. The normalized spacial score (nSPS) is 11.4. The Labute approximate surface area is 170 Å². The number of hydrogen-bond acceptors (Lipinski definition) is 1. The SMILES string of the molecule is c1ccc(-c2ccc(Nc3ccc4c(c3)-c3cccc5cccc-4c35)cc2)cc1. The van der Waals surface area contributed by atoms with Crippen LogP contribution in [0.25, 0.3) is 44.2 Å². The maximum absolute atomic E-state index is 3.57. The van der Waals surface area contributed by atoms with Crippen molar-refractivity contribution < 1.29 is 0 Å². The summed E-state index contributed by atoms with van der Waals surface area (Å²) in [5.74, 6) is 0. The highest BCUT2D eigenvalue weighted by Crippen LogP contribution is 2.47. The topological polar surface area (TPSA) is 12.0 Å². The van der Waals surface area contributed by atoms with Crippen LogP contribution >= 0.6 is 0 Å². The maximum atomic E-state index is 3.57. The summed E-state index contributed by atoms with van der Waals surface area (Å²) in [5.41, 5.74) is 9.97. The second kappa shape index (κ2) is 6.35. The standard InChI is InChI=1S/C28H19N/c1-2-6-19(7-3-1)20-12-14-22(15-13-20)29-23-16-17-24-25-10-4-8-21-9-5-11-26(28(21)25)27(24)18-23/h1-18,29H. The van der Waals surface area contributed by atoms with Gasteiger partial charge >= 0.3 is 0 Å². The average Bonchev–Trinajstić information content (AvgIpc) is 3.10. The van der Waals surface area contributed by atoms with Gasteiger partial charge in [0.1, 0.15) is 0 Å². The molecule has 0 fully saturated rings. The summed E-state index contributed by atoms with van der Waals surface area (Å²) in [4.78, 5) is 0. The lowest BCUT2D eigenvalue weighted by atomic mass is 10.0. The quantitative estimate of drug-likeness (QED) is 0.334. The highest BCUT2D eigenvalue weighted by molar-refractivity contribution is 6.15. The molecule has 0 saturated carbocycles. The third kappa shape index (κ3) is 2.63. The first-order chi connectivity index (χ1) is 14.4. The molecule has 1 aliphatic rings. The fraction of sp³-hybridized carbons (Fsp3) is 0. The van der Waals surface area contributed by atoms with Gasteiger partial charge in [0.25, 0.3) is 0 Å². The van der Waals surface area contributed by atoms with E-state index in [9.17, 15) is 0 Å². The predicted molar refractivity (Wildman–Crippen MR) is 124 cm³/mol. The van der Waals surface area contributed by atoms with E-state index in [2.05, 4.69) is 108 Å². The van der Waals surface area contributed by atoms with Gasteiger partial charge < -0.3 is 5.32 Å². The Hall–Kier alpha value is -3.84. The van der Waals surface area contributed by atoms with Crippen molar-refractivity contribution >= 4 is 22.1 Å². The zero-order chi connectivity index (χ0) is 19.2. The number of nitrogens with one attached hydrogen (secondary N) is 1. The van der Waals surface area contributed by atoms with Crippen molar-refractivity contribution in [3.8, 4) is 33.4 Å². The number of rotatable bonds is 3. The van der Waals surface area contributed by atoms with Gasteiger partial charge in [0.15, 0.2) is 0 Å². The van der Waals surface area contributed by atoms with Crippen LogP contribution in [0.15, 0.2) is 109 Å². The Kier molecular flexibility index (Phi) is 3.54. The molecule has 0 bridgehead atoms. The Bertz CT molecular complexity index is 1340. The minimum Gasteiger partial charge on any atom is -0.356 e. The Morgan fingerprint density at radius 2 is 1.07 bits per heavy atom. The minimum atomic E-state index is 1.10. The van der Waals surface area contributed by atoms with E-state index in [1.807, 2.05) is 6.07 Å². The Morgan fingerprint density at radius 1 is 0.414 bits per heavy atom. The number of fused-ring (bicyclic) bond motifs is 3. The number of hydrogen-bond donors (Lipinski definition) is 1. The van der Waals surface area contributed by atoms with Crippen molar-refractivity contribution in [2.45, 2.75) is 0 Å². The fourth-order valence-corrected chi connectivity index (χ4v) is 4.41. The molecule has 1 heteroatoms. The van der Waals surface area contributed by atoms with Crippen LogP contribution in [0.3, 0.4) is 0 Å². The van der Waals surface area contributed by atoms with Crippen LogP contribution in [0.5, 0.6) is 0 Å². The van der Waals surface area contributed by atoms with Gasteiger partial charge in [-0.3, -0.25) is 0 Å². The number of anilines is 2. The van der Waals surface area contributed by atoms with Gasteiger partial charge in [0.2, 0.25) is 0 Å². The molecule has 0 radical (unpaired) electrons. The van der Waals surface area contributed by atoms with Crippen LogP contribution in [0.1, 0.15) is 0 Å². The number of benzene rings is 5. The van der Waals surface area contributed by atoms with Crippen LogP contribution in [-0.4, -0.2) is 0 Å². The molecule has 136 valence electrons. The molecule has 5 aromatic carbocycles. The van der Waals surface area contributed by atoms with Crippen LogP contribution in [0, 0.1) is 0 Å². The molecule has 1 aliphatic carbocycles. The van der Waals surface area contributed by atoms with Gasteiger partial charge in [-0.2, -0.15) is 0 Å². The molecule has 0 heterocycles. The molecule has 0 saturated heterocycles. The summed E-state index contributed by atoms with van der Waals surface area (Å²) in [5, 5.41) is 6.25. The van der Waals surface area contributed by atoms with Crippen molar-refractivity contribution in [1.82, 2.24) is 0 Å². The zero-order valence-corrected chi connectivity index (χ0v) is 15.9. The third-order valence-corrected chi connectivity index (χ3v) is 5.79. The van der Waals surface area contributed by atoms with E-state index in [-0.39, 0.29) is 0 Å². The monoisotopic (exact) mass is 369 g/mol. The maximum Gasteiger partial charge on any atom is 0.0390 e. The van der Waals surface area contributed by atoms with Gasteiger partial charge in [-0.05, 0) is 68.4 Å². The predicted octanol–water partition coefficient (Wildman–Crippen LogP) is 7.90. The van der Waals surface area contributed by atoms with Crippen molar-refractivity contribution in [3.05, 3.63) is 109 Å². The molecule has 1 nitrogen and oxygen atoms in total. The van der Waals surface area contributed by atoms with E-state index in [4.69, 9.17) is 0 Å². The average molecular weight is 369 g/mol. The van der Waals surface area contributed by atoms with Crippen molar-refractivity contribution in [3.63, 3.8) is 0 Å². The summed E-state index contributed by atoms with van der Waals surface area (Å²) in [6.07, 6.45) is 0. The molecule has 0 atom stereocenters. The highest BCUT2D eigenvalue weighted by Gasteiger charge is 2.20. The van der Waals surface area contributed by atoms with Crippen molar-refractivity contribution in [2.24, 2.45) is 0 Å². The molecule has 0 spiro atoms. The van der Waals surface area contributed by atoms with E-state index in [0.717, 1.165) is 11.4 Å². The molecule has 6 rings (SSSR count). The molecule has 0 unspecified atom stereocenters. The Morgan fingerprint density at radius 3 is 1.83 bits per heavy atom. The first-order valence-corrected chi connectivity index (χ1v) is 9.96.